The maximum atomic E-state index is 5.91. The van der Waals surface area contributed by atoms with Crippen molar-refractivity contribution in [3.63, 3.8) is 0 Å². The summed E-state index contributed by atoms with van der Waals surface area (Å²) < 4.78 is 5.91. The molecule has 0 amide bonds. The summed E-state index contributed by atoms with van der Waals surface area (Å²) >= 11 is 5.12. The number of nitrogens with zero attached hydrogens (tertiary/aromatic N) is 2. The van der Waals surface area contributed by atoms with Gasteiger partial charge in [-0.05, 0) is 40.1 Å². The van der Waals surface area contributed by atoms with Crippen molar-refractivity contribution in [2.24, 2.45) is 5.73 Å². The molecule has 2 aromatic rings. The number of hydrogen-bond donors (Lipinski definition) is 1. The molecule has 0 bridgehead atoms. The molecule has 0 fully saturated rings. The van der Waals surface area contributed by atoms with Gasteiger partial charge in [-0.3, -0.25) is 0 Å². The first-order valence-corrected chi connectivity index (χ1v) is 7.22. The Morgan fingerprint density at radius 2 is 2.00 bits per heavy atom. The van der Waals surface area contributed by atoms with Gasteiger partial charge in [-0.25, -0.2) is 4.98 Å². The molecule has 2 rings (SSSR count). The van der Waals surface area contributed by atoms with Crippen molar-refractivity contribution in [1.29, 1.82) is 0 Å². The quantitative estimate of drug-likeness (QED) is 0.860. The topological polar surface area (TPSA) is 51.4 Å². The normalized spacial score (nSPS) is 11.9. The SMILES string of the molecule is CN(C)C(C)(C)COc1nc2ccccc2cc1C(N)=S. The highest BCUT2D eigenvalue weighted by molar-refractivity contribution is 7.80. The minimum Gasteiger partial charge on any atom is -0.475 e. The van der Waals surface area contributed by atoms with E-state index < -0.39 is 0 Å². The summed E-state index contributed by atoms with van der Waals surface area (Å²) in [5, 5.41) is 1.000. The third-order valence-electron chi connectivity index (χ3n) is 3.73. The van der Waals surface area contributed by atoms with Crippen molar-refractivity contribution >= 4 is 28.1 Å². The van der Waals surface area contributed by atoms with Gasteiger partial charge in [-0.1, -0.05) is 30.4 Å². The fourth-order valence-corrected chi connectivity index (χ4v) is 1.91. The van der Waals surface area contributed by atoms with E-state index in [2.05, 4.69) is 23.7 Å². The van der Waals surface area contributed by atoms with Gasteiger partial charge in [0.05, 0.1) is 11.1 Å². The summed E-state index contributed by atoms with van der Waals surface area (Å²) in [4.78, 5) is 6.95. The largest absolute Gasteiger partial charge is 0.475 e. The molecule has 112 valence electrons. The van der Waals surface area contributed by atoms with Crippen LogP contribution in [0, 0.1) is 0 Å². The van der Waals surface area contributed by atoms with Crippen LogP contribution in [-0.4, -0.2) is 41.1 Å². The predicted molar refractivity (Wildman–Crippen MR) is 90.9 cm³/mol. The van der Waals surface area contributed by atoms with Gasteiger partial charge in [0.15, 0.2) is 0 Å². The average molecular weight is 303 g/mol. The van der Waals surface area contributed by atoms with Gasteiger partial charge in [0.2, 0.25) is 5.88 Å². The summed E-state index contributed by atoms with van der Waals surface area (Å²) in [5.74, 6) is 0.496. The maximum Gasteiger partial charge on any atom is 0.224 e. The zero-order valence-electron chi connectivity index (χ0n) is 12.9. The summed E-state index contributed by atoms with van der Waals surface area (Å²) in [6.45, 7) is 4.71. The number of hydrogen-bond acceptors (Lipinski definition) is 4. The first kappa shape index (κ1) is 15.7. The Hall–Kier alpha value is -1.72. The Balaban J connectivity index is 2.37. The Morgan fingerprint density at radius 3 is 2.62 bits per heavy atom. The van der Waals surface area contributed by atoms with Crippen molar-refractivity contribution in [3.8, 4) is 5.88 Å². The number of benzene rings is 1. The third kappa shape index (κ3) is 3.49. The van der Waals surface area contributed by atoms with Crippen LogP contribution in [0.2, 0.25) is 0 Å². The molecule has 0 saturated heterocycles. The number of aromatic nitrogens is 1. The highest BCUT2D eigenvalue weighted by Gasteiger charge is 2.22. The first-order chi connectivity index (χ1) is 9.81. The van der Waals surface area contributed by atoms with Crippen molar-refractivity contribution < 1.29 is 4.74 Å². The van der Waals surface area contributed by atoms with Gasteiger partial charge in [0.25, 0.3) is 0 Å². The zero-order chi connectivity index (χ0) is 15.6. The van der Waals surface area contributed by atoms with Gasteiger partial charge in [-0.2, -0.15) is 0 Å². The van der Waals surface area contributed by atoms with Gasteiger partial charge in [0.1, 0.15) is 11.6 Å². The van der Waals surface area contributed by atoms with E-state index in [0.29, 0.717) is 23.0 Å². The highest BCUT2D eigenvalue weighted by atomic mass is 32.1. The zero-order valence-corrected chi connectivity index (χ0v) is 13.7. The predicted octanol–water partition coefficient (Wildman–Crippen LogP) is 2.59. The van der Waals surface area contributed by atoms with Gasteiger partial charge in [-0.15, -0.1) is 0 Å². The Kier molecular flexibility index (Phi) is 4.44. The number of para-hydroxylation sites is 1. The Morgan fingerprint density at radius 1 is 1.33 bits per heavy atom. The molecule has 1 aromatic carbocycles. The van der Waals surface area contributed by atoms with Crippen LogP contribution < -0.4 is 10.5 Å². The molecule has 1 aromatic heterocycles. The van der Waals surface area contributed by atoms with Crippen LogP contribution in [0.15, 0.2) is 30.3 Å². The number of nitrogens with two attached hydrogens (primary N) is 1. The molecular formula is C16H21N3OS. The number of ether oxygens (including phenoxy) is 1. The fourth-order valence-electron chi connectivity index (χ4n) is 1.76. The van der Waals surface area contributed by atoms with E-state index in [1.54, 1.807) is 0 Å². The van der Waals surface area contributed by atoms with E-state index in [9.17, 15) is 0 Å². The van der Waals surface area contributed by atoms with Crippen LogP contribution in [0.5, 0.6) is 5.88 Å². The van der Waals surface area contributed by atoms with E-state index in [1.807, 2.05) is 44.4 Å². The summed E-state index contributed by atoms with van der Waals surface area (Å²) in [5.41, 5.74) is 7.24. The molecule has 4 nitrogen and oxygen atoms in total. The molecule has 0 aliphatic heterocycles. The van der Waals surface area contributed by atoms with Crippen molar-refractivity contribution in [1.82, 2.24) is 9.88 Å². The lowest BCUT2D eigenvalue weighted by Gasteiger charge is -2.32. The second kappa shape index (κ2) is 5.95. The lowest BCUT2D eigenvalue weighted by Crippen LogP contribution is -2.43. The van der Waals surface area contributed by atoms with E-state index in [-0.39, 0.29) is 5.54 Å². The van der Waals surface area contributed by atoms with Crippen LogP contribution in [0.4, 0.5) is 0 Å². The number of fused-ring (bicyclic) bond motifs is 1. The van der Waals surface area contributed by atoms with Crippen molar-refractivity contribution in [2.45, 2.75) is 19.4 Å². The standard InChI is InChI=1S/C16H21N3OS/c1-16(2,19(3)4)10-20-15-12(14(17)21)9-11-7-5-6-8-13(11)18-15/h5-9H,10H2,1-4H3,(H2,17,21). The Bertz CT molecular complexity index is 668. The van der Waals surface area contributed by atoms with Crippen LogP contribution in [0.1, 0.15) is 19.4 Å². The first-order valence-electron chi connectivity index (χ1n) is 6.81. The van der Waals surface area contributed by atoms with Crippen LogP contribution in [0.25, 0.3) is 10.9 Å². The molecule has 0 aliphatic carbocycles. The minimum atomic E-state index is -0.110. The van der Waals surface area contributed by atoms with Crippen LogP contribution in [0.3, 0.4) is 0 Å². The molecule has 1 heterocycles. The summed E-state index contributed by atoms with van der Waals surface area (Å²) in [7, 11) is 4.04. The molecule has 0 unspecified atom stereocenters. The monoisotopic (exact) mass is 303 g/mol. The van der Waals surface area contributed by atoms with E-state index >= 15 is 0 Å². The second-order valence-corrected chi connectivity index (χ2v) is 6.33. The van der Waals surface area contributed by atoms with Crippen molar-refractivity contribution in [3.05, 3.63) is 35.9 Å². The average Bonchev–Trinajstić information content (AvgIpc) is 2.43. The molecule has 0 spiro atoms. The highest BCUT2D eigenvalue weighted by Crippen LogP contribution is 2.23. The second-order valence-electron chi connectivity index (χ2n) is 5.89. The number of thiocarbonyl (C=S) groups is 1. The van der Waals surface area contributed by atoms with Crippen molar-refractivity contribution in [2.75, 3.05) is 20.7 Å². The minimum absolute atomic E-state index is 0.110. The number of pyridine rings is 1. The molecular weight excluding hydrogens is 282 g/mol. The molecule has 0 saturated carbocycles. The molecule has 0 aliphatic rings. The molecule has 21 heavy (non-hydrogen) atoms. The van der Waals surface area contributed by atoms with Crippen LogP contribution >= 0.6 is 12.2 Å². The molecule has 5 heteroatoms. The smallest absolute Gasteiger partial charge is 0.224 e. The molecule has 0 radical (unpaired) electrons. The lowest BCUT2D eigenvalue weighted by atomic mass is 10.1. The molecule has 2 N–H and O–H groups in total. The van der Waals surface area contributed by atoms with Crippen LogP contribution in [-0.2, 0) is 0 Å². The number of likely N-dealkylation sites (N-methyl/N-ethyl adjacent to an activating group) is 1. The van der Waals surface area contributed by atoms with E-state index in [1.165, 1.54) is 0 Å². The summed E-state index contributed by atoms with van der Waals surface area (Å²) in [6, 6.07) is 9.77. The van der Waals surface area contributed by atoms with Gasteiger partial charge >= 0.3 is 0 Å². The maximum absolute atomic E-state index is 5.91. The fraction of sp³-hybridized carbons (Fsp3) is 0.375. The molecule has 0 atom stereocenters. The third-order valence-corrected chi connectivity index (χ3v) is 3.95. The van der Waals surface area contributed by atoms with Gasteiger partial charge in [0, 0.05) is 10.9 Å². The van der Waals surface area contributed by atoms with E-state index in [0.717, 1.165) is 10.9 Å². The van der Waals surface area contributed by atoms with E-state index in [4.69, 9.17) is 22.7 Å². The lowest BCUT2D eigenvalue weighted by molar-refractivity contribution is 0.111. The van der Waals surface area contributed by atoms with Gasteiger partial charge < -0.3 is 15.4 Å². The summed E-state index contributed by atoms with van der Waals surface area (Å²) in [6.07, 6.45) is 0. The number of rotatable bonds is 5. The Labute approximate surface area is 130 Å².